The summed E-state index contributed by atoms with van der Waals surface area (Å²) in [6, 6.07) is 7.46. The van der Waals surface area contributed by atoms with Gasteiger partial charge in [0.15, 0.2) is 6.29 Å². The van der Waals surface area contributed by atoms with E-state index in [4.69, 9.17) is 5.11 Å². The summed E-state index contributed by atoms with van der Waals surface area (Å²) in [5.74, 6) is 5.02. The first-order valence-electron chi connectivity index (χ1n) is 4.02. The van der Waals surface area contributed by atoms with Crippen molar-refractivity contribution in [1.29, 1.82) is 0 Å². The quantitative estimate of drug-likeness (QED) is 0.531. The predicted octanol–water partition coefficient (Wildman–Crippen LogP) is 0.772. The number of aliphatic hydroxyl groups excluding tert-OH is 1. The predicted molar refractivity (Wildman–Crippen MR) is 50.2 cm³/mol. The second kappa shape index (κ2) is 5.13. The van der Waals surface area contributed by atoms with E-state index in [1.54, 1.807) is 0 Å². The van der Waals surface area contributed by atoms with Crippen LogP contribution >= 0.6 is 0 Å². The number of aldehydes is 1. The summed E-state index contributed by atoms with van der Waals surface area (Å²) >= 11 is 0. The molecule has 0 saturated carbocycles. The number of aliphatic hydroxyl groups is 1. The van der Waals surface area contributed by atoms with Gasteiger partial charge in [-0.2, -0.15) is 0 Å². The minimum absolute atomic E-state index is 0.152. The highest BCUT2D eigenvalue weighted by Gasteiger charge is 1.90. The Morgan fingerprint density at radius 3 is 2.54 bits per heavy atom. The van der Waals surface area contributed by atoms with Crippen LogP contribution in [-0.4, -0.2) is 18.0 Å². The molecule has 0 bridgehead atoms. The Morgan fingerprint density at radius 2 is 2.00 bits per heavy atom. The van der Waals surface area contributed by atoms with Crippen molar-refractivity contribution >= 4 is 6.29 Å². The fraction of sp³-hybridized carbons (Fsp3) is 0.182. The maximum Gasteiger partial charge on any atom is 0.193 e. The first-order valence-corrected chi connectivity index (χ1v) is 4.02. The molecule has 1 aromatic carbocycles. The van der Waals surface area contributed by atoms with Crippen LogP contribution in [-0.2, 0) is 11.2 Å². The van der Waals surface area contributed by atoms with Crippen LogP contribution in [0.15, 0.2) is 24.3 Å². The molecule has 1 rings (SSSR count). The molecule has 13 heavy (non-hydrogen) atoms. The van der Waals surface area contributed by atoms with Crippen LogP contribution in [0.4, 0.5) is 0 Å². The van der Waals surface area contributed by atoms with Gasteiger partial charge in [-0.05, 0) is 30.0 Å². The number of hydrogen-bond acceptors (Lipinski definition) is 2. The third-order valence-corrected chi connectivity index (χ3v) is 1.63. The molecular weight excluding hydrogens is 164 g/mol. The second-order valence-corrected chi connectivity index (χ2v) is 2.56. The molecule has 1 aromatic rings. The zero-order valence-corrected chi connectivity index (χ0v) is 7.16. The number of rotatable bonds is 2. The van der Waals surface area contributed by atoms with E-state index in [2.05, 4.69) is 11.8 Å². The molecule has 2 heteroatoms. The molecule has 0 fully saturated rings. The molecule has 2 nitrogen and oxygen atoms in total. The van der Waals surface area contributed by atoms with Crippen LogP contribution < -0.4 is 0 Å². The van der Waals surface area contributed by atoms with Gasteiger partial charge in [0.25, 0.3) is 0 Å². The molecule has 0 unspecified atom stereocenters. The van der Waals surface area contributed by atoms with Crippen LogP contribution in [0.3, 0.4) is 0 Å². The lowest BCUT2D eigenvalue weighted by Crippen LogP contribution is -1.89. The summed E-state index contributed by atoms with van der Waals surface area (Å²) in [6.45, 7) is 0.152. The minimum atomic E-state index is 0.152. The summed E-state index contributed by atoms with van der Waals surface area (Å²) in [4.78, 5) is 9.94. The van der Waals surface area contributed by atoms with Gasteiger partial charge in [-0.3, -0.25) is 4.79 Å². The highest BCUT2D eigenvalue weighted by Crippen LogP contribution is 2.03. The van der Waals surface area contributed by atoms with E-state index < -0.39 is 0 Å². The Balaban J connectivity index is 2.74. The summed E-state index contributed by atoms with van der Waals surface area (Å²) in [6.07, 6.45) is 1.23. The van der Waals surface area contributed by atoms with Crippen molar-refractivity contribution in [2.24, 2.45) is 0 Å². The molecule has 0 saturated heterocycles. The van der Waals surface area contributed by atoms with Gasteiger partial charge in [-0.25, -0.2) is 0 Å². The van der Waals surface area contributed by atoms with E-state index in [9.17, 15) is 4.79 Å². The SMILES string of the molecule is O=CC#Cc1ccc(CCO)cc1. The Morgan fingerprint density at radius 1 is 1.31 bits per heavy atom. The van der Waals surface area contributed by atoms with E-state index in [0.29, 0.717) is 12.7 Å². The average molecular weight is 174 g/mol. The molecule has 0 heterocycles. The third kappa shape index (κ3) is 3.10. The van der Waals surface area contributed by atoms with Gasteiger partial charge in [0.2, 0.25) is 0 Å². The number of carbonyl (C=O) groups excluding carboxylic acids is 1. The molecular formula is C11H10O2. The first-order chi connectivity index (χ1) is 6.36. The molecule has 0 amide bonds. The summed E-state index contributed by atoms with van der Waals surface area (Å²) < 4.78 is 0. The van der Waals surface area contributed by atoms with Crippen molar-refractivity contribution in [1.82, 2.24) is 0 Å². The van der Waals surface area contributed by atoms with Gasteiger partial charge < -0.3 is 5.11 Å². The van der Waals surface area contributed by atoms with Crippen LogP contribution in [0.2, 0.25) is 0 Å². The largest absolute Gasteiger partial charge is 0.396 e. The average Bonchev–Trinajstić information content (AvgIpc) is 2.17. The minimum Gasteiger partial charge on any atom is -0.396 e. The van der Waals surface area contributed by atoms with Crippen molar-refractivity contribution in [3.8, 4) is 11.8 Å². The lowest BCUT2D eigenvalue weighted by Gasteiger charge is -1.96. The van der Waals surface area contributed by atoms with Gasteiger partial charge >= 0.3 is 0 Å². The van der Waals surface area contributed by atoms with E-state index in [1.807, 2.05) is 24.3 Å². The zero-order chi connectivity index (χ0) is 9.52. The van der Waals surface area contributed by atoms with Crippen LogP contribution in [0, 0.1) is 11.8 Å². The number of benzene rings is 1. The topological polar surface area (TPSA) is 37.3 Å². The standard InChI is InChI=1S/C11H10O2/c12-8-1-2-10-3-5-11(6-4-10)7-9-13/h3-6,8,13H,7,9H2. The zero-order valence-electron chi connectivity index (χ0n) is 7.16. The molecule has 0 aliphatic rings. The molecule has 66 valence electrons. The maximum absolute atomic E-state index is 9.94. The van der Waals surface area contributed by atoms with E-state index in [0.717, 1.165) is 11.1 Å². The van der Waals surface area contributed by atoms with E-state index in [-0.39, 0.29) is 6.61 Å². The van der Waals surface area contributed by atoms with Gasteiger partial charge in [0.05, 0.1) is 0 Å². The fourth-order valence-corrected chi connectivity index (χ4v) is 0.997. The van der Waals surface area contributed by atoms with Gasteiger partial charge in [-0.1, -0.05) is 18.1 Å². The lowest BCUT2D eigenvalue weighted by atomic mass is 10.1. The second-order valence-electron chi connectivity index (χ2n) is 2.56. The van der Waals surface area contributed by atoms with Gasteiger partial charge in [-0.15, -0.1) is 0 Å². The monoisotopic (exact) mass is 174 g/mol. The molecule has 0 aromatic heterocycles. The van der Waals surface area contributed by atoms with Crippen LogP contribution in [0.25, 0.3) is 0 Å². The Kier molecular flexibility index (Phi) is 3.74. The maximum atomic E-state index is 9.94. The summed E-state index contributed by atoms with van der Waals surface area (Å²) in [7, 11) is 0. The first kappa shape index (κ1) is 9.50. The van der Waals surface area contributed by atoms with Gasteiger partial charge in [0.1, 0.15) is 0 Å². The van der Waals surface area contributed by atoms with Gasteiger partial charge in [0, 0.05) is 12.2 Å². The smallest absolute Gasteiger partial charge is 0.193 e. The Labute approximate surface area is 77.2 Å². The molecule has 0 atom stereocenters. The van der Waals surface area contributed by atoms with Crippen molar-refractivity contribution in [2.75, 3.05) is 6.61 Å². The molecule has 1 N–H and O–H groups in total. The highest BCUT2D eigenvalue weighted by atomic mass is 16.2. The van der Waals surface area contributed by atoms with Crippen molar-refractivity contribution in [3.05, 3.63) is 35.4 Å². The van der Waals surface area contributed by atoms with Crippen molar-refractivity contribution < 1.29 is 9.90 Å². The van der Waals surface area contributed by atoms with Crippen molar-refractivity contribution in [3.63, 3.8) is 0 Å². The van der Waals surface area contributed by atoms with E-state index in [1.165, 1.54) is 0 Å². The van der Waals surface area contributed by atoms with Crippen LogP contribution in [0.1, 0.15) is 11.1 Å². The summed E-state index contributed by atoms with van der Waals surface area (Å²) in [5, 5.41) is 8.66. The Hall–Kier alpha value is -1.59. The lowest BCUT2D eigenvalue weighted by molar-refractivity contribution is -0.103. The molecule has 0 aliphatic carbocycles. The Bertz CT molecular complexity index is 327. The van der Waals surface area contributed by atoms with Crippen LogP contribution in [0.5, 0.6) is 0 Å². The highest BCUT2D eigenvalue weighted by molar-refractivity contribution is 5.73. The third-order valence-electron chi connectivity index (χ3n) is 1.63. The number of carbonyl (C=O) groups is 1. The molecule has 0 spiro atoms. The molecule has 0 radical (unpaired) electrons. The fourth-order valence-electron chi connectivity index (χ4n) is 0.997. The molecule has 0 aliphatic heterocycles. The van der Waals surface area contributed by atoms with E-state index >= 15 is 0 Å². The normalized spacial score (nSPS) is 8.69. The summed E-state index contributed by atoms with van der Waals surface area (Å²) in [5.41, 5.74) is 1.88. The van der Waals surface area contributed by atoms with Crippen molar-refractivity contribution in [2.45, 2.75) is 6.42 Å². The number of hydrogen-bond donors (Lipinski definition) is 1.